The first-order valence-corrected chi connectivity index (χ1v) is 12.5. The Morgan fingerprint density at radius 2 is 1.92 bits per heavy atom. The third kappa shape index (κ3) is 7.12. The SMILES string of the molecule is O=C(N/C=C/[C@@]1(C(=O)NCc2ccc(Nc3ccc(Br)cc3C(F)(F)F)cc2)CCOC1)c1cn[nH]c(=O)c1. The lowest BCUT2D eigenvalue weighted by atomic mass is 9.86. The fraction of sp³-hybridized carbons (Fsp3) is 0.231. The summed E-state index contributed by atoms with van der Waals surface area (Å²) >= 11 is 3.07. The molecule has 4 N–H and O–H groups in total. The molecule has 4 rings (SSSR count). The number of carbonyl (C=O) groups is 2. The van der Waals surface area contributed by atoms with Gasteiger partial charge in [-0.05, 0) is 42.3 Å². The third-order valence-electron chi connectivity index (χ3n) is 6.02. The molecular weight excluding hydrogens is 583 g/mol. The topological polar surface area (TPSA) is 125 Å². The highest BCUT2D eigenvalue weighted by molar-refractivity contribution is 9.10. The highest BCUT2D eigenvalue weighted by atomic mass is 79.9. The first-order chi connectivity index (χ1) is 18.6. The van der Waals surface area contributed by atoms with Crippen molar-refractivity contribution >= 4 is 39.1 Å². The van der Waals surface area contributed by atoms with Gasteiger partial charge in [-0.1, -0.05) is 34.1 Å². The van der Waals surface area contributed by atoms with E-state index >= 15 is 0 Å². The molecule has 39 heavy (non-hydrogen) atoms. The molecule has 2 amide bonds. The van der Waals surface area contributed by atoms with Crippen LogP contribution in [0.4, 0.5) is 24.5 Å². The van der Waals surface area contributed by atoms with Crippen LogP contribution in [0.1, 0.15) is 27.9 Å². The van der Waals surface area contributed by atoms with E-state index < -0.39 is 28.6 Å². The highest BCUT2D eigenvalue weighted by Crippen LogP contribution is 2.37. The number of halogens is 4. The summed E-state index contributed by atoms with van der Waals surface area (Å²) in [5.74, 6) is -0.867. The van der Waals surface area contributed by atoms with Crippen LogP contribution in [-0.4, -0.2) is 35.2 Å². The summed E-state index contributed by atoms with van der Waals surface area (Å²) in [7, 11) is 0. The Bertz CT molecular complexity index is 1430. The van der Waals surface area contributed by atoms with Gasteiger partial charge in [0.2, 0.25) is 5.91 Å². The third-order valence-corrected chi connectivity index (χ3v) is 6.51. The number of aromatic amines is 1. The van der Waals surface area contributed by atoms with Gasteiger partial charge in [0.15, 0.2) is 0 Å². The number of hydrogen-bond acceptors (Lipinski definition) is 6. The molecule has 9 nitrogen and oxygen atoms in total. The average Bonchev–Trinajstić information content (AvgIpc) is 3.38. The Morgan fingerprint density at radius 1 is 1.15 bits per heavy atom. The Morgan fingerprint density at radius 3 is 2.59 bits per heavy atom. The van der Waals surface area contributed by atoms with Crippen molar-refractivity contribution in [2.24, 2.45) is 5.41 Å². The number of ether oxygens (including phenoxy) is 1. The molecule has 1 aliphatic heterocycles. The van der Waals surface area contributed by atoms with Gasteiger partial charge in [-0.25, -0.2) is 5.10 Å². The second-order valence-corrected chi connectivity index (χ2v) is 9.71. The maximum Gasteiger partial charge on any atom is 0.418 e. The molecule has 0 unspecified atom stereocenters. The normalized spacial score (nSPS) is 17.2. The zero-order chi connectivity index (χ0) is 28.0. The number of aromatic nitrogens is 2. The largest absolute Gasteiger partial charge is 0.418 e. The van der Waals surface area contributed by atoms with Gasteiger partial charge in [-0.2, -0.15) is 18.3 Å². The number of H-pyrrole nitrogens is 1. The molecule has 13 heteroatoms. The van der Waals surface area contributed by atoms with Crippen LogP contribution >= 0.6 is 15.9 Å². The quantitative estimate of drug-likeness (QED) is 0.304. The van der Waals surface area contributed by atoms with Gasteiger partial charge in [-0.15, -0.1) is 0 Å². The molecule has 1 fully saturated rings. The summed E-state index contributed by atoms with van der Waals surface area (Å²) in [6.45, 7) is 0.654. The van der Waals surface area contributed by atoms with Crippen LogP contribution in [0.5, 0.6) is 0 Å². The van der Waals surface area contributed by atoms with E-state index in [1.54, 1.807) is 30.3 Å². The number of hydrogen-bond donors (Lipinski definition) is 4. The summed E-state index contributed by atoms with van der Waals surface area (Å²) in [4.78, 5) is 36.6. The van der Waals surface area contributed by atoms with E-state index in [0.717, 1.165) is 17.7 Å². The van der Waals surface area contributed by atoms with Crippen LogP contribution in [-0.2, 0) is 22.3 Å². The minimum Gasteiger partial charge on any atom is -0.380 e. The molecule has 3 aromatic rings. The van der Waals surface area contributed by atoms with E-state index in [2.05, 4.69) is 42.1 Å². The Kier molecular flexibility index (Phi) is 8.51. The molecule has 0 aliphatic carbocycles. The fourth-order valence-corrected chi connectivity index (χ4v) is 4.27. The van der Waals surface area contributed by atoms with Gasteiger partial charge in [0.1, 0.15) is 0 Å². The summed E-state index contributed by atoms with van der Waals surface area (Å²) in [6.07, 6.45) is -0.0195. The lowest BCUT2D eigenvalue weighted by Crippen LogP contribution is -2.40. The predicted octanol–water partition coefficient (Wildman–Crippen LogP) is 4.26. The molecule has 0 saturated carbocycles. The molecule has 0 spiro atoms. The molecule has 2 heterocycles. The zero-order valence-electron chi connectivity index (χ0n) is 20.3. The summed E-state index contributed by atoms with van der Waals surface area (Å²) in [6, 6.07) is 11.6. The number of carbonyl (C=O) groups excluding carboxylic acids is 2. The van der Waals surface area contributed by atoms with Crippen LogP contribution in [0.25, 0.3) is 0 Å². The molecular formula is C26H23BrF3N5O4. The molecule has 0 bridgehead atoms. The minimum atomic E-state index is -4.52. The summed E-state index contributed by atoms with van der Waals surface area (Å²) in [5, 5.41) is 13.9. The van der Waals surface area contributed by atoms with Gasteiger partial charge in [0, 0.05) is 35.6 Å². The Labute approximate surface area is 229 Å². The second-order valence-electron chi connectivity index (χ2n) is 8.79. The monoisotopic (exact) mass is 605 g/mol. The molecule has 0 radical (unpaired) electrons. The van der Waals surface area contributed by atoms with Crippen molar-refractivity contribution in [2.75, 3.05) is 18.5 Å². The Hall–Kier alpha value is -3.97. The first kappa shape index (κ1) is 28.0. The van der Waals surface area contributed by atoms with Crippen molar-refractivity contribution in [3.8, 4) is 0 Å². The molecule has 204 valence electrons. The fourth-order valence-electron chi connectivity index (χ4n) is 3.91. The minimum absolute atomic E-state index is 0.0669. The smallest absolute Gasteiger partial charge is 0.380 e. The summed E-state index contributed by atoms with van der Waals surface area (Å²) < 4.78 is 45.9. The van der Waals surface area contributed by atoms with E-state index in [1.807, 2.05) is 0 Å². The van der Waals surface area contributed by atoms with Crippen LogP contribution < -0.4 is 21.5 Å². The van der Waals surface area contributed by atoms with Crippen LogP contribution in [0.15, 0.2) is 76.3 Å². The lowest BCUT2D eigenvalue weighted by molar-refractivity contribution is -0.137. The van der Waals surface area contributed by atoms with Gasteiger partial charge in [0.25, 0.3) is 11.5 Å². The number of rotatable bonds is 8. The molecule has 2 aromatic carbocycles. The maximum absolute atomic E-state index is 13.4. The van der Waals surface area contributed by atoms with E-state index in [4.69, 9.17) is 4.74 Å². The van der Waals surface area contributed by atoms with Crippen molar-refractivity contribution in [3.05, 3.63) is 98.5 Å². The van der Waals surface area contributed by atoms with Crippen molar-refractivity contribution < 1.29 is 27.5 Å². The predicted molar refractivity (Wildman–Crippen MR) is 140 cm³/mol. The van der Waals surface area contributed by atoms with Crippen molar-refractivity contribution in [2.45, 2.75) is 19.1 Å². The second kappa shape index (κ2) is 11.8. The van der Waals surface area contributed by atoms with Gasteiger partial charge in [0.05, 0.1) is 35.0 Å². The first-order valence-electron chi connectivity index (χ1n) is 11.7. The van der Waals surface area contributed by atoms with Crippen molar-refractivity contribution in [1.82, 2.24) is 20.8 Å². The Balaban J connectivity index is 1.37. The number of benzene rings is 2. The van der Waals surface area contributed by atoms with Crippen LogP contribution in [0.3, 0.4) is 0 Å². The van der Waals surface area contributed by atoms with E-state index in [0.29, 0.717) is 23.2 Å². The standard InChI is InChI=1S/C26H23BrF3N5O4/c27-18-3-6-21(20(12-18)26(28,29)30)34-19-4-1-16(2-5-19)13-32-24(38)25(8-10-39-15-25)7-9-31-23(37)17-11-22(36)35-33-14-17/h1-7,9,11-12,14,34H,8,10,13,15H2,(H,31,37)(H,32,38)(H,35,36)/b9-7+/t25-/m1/s1. The van der Waals surface area contributed by atoms with Crippen molar-refractivity contribution in [1.29, 1.82) is 0 Å². The van der Waals surface area contributed by atoms with Crippen LogP contribution in [0.2, 0.25) is 0 Å². The average molecular weight is 606 g/mol. The van der Waals surface area contributed by atoms with E-state index in [9.17, 15) is 27.6 Å². The summed E-state index contributed by atoms with van der Waals surface area (Å²) in [5.41, 5.74) is -1.15. The van der Waals surface area contributed by atoms with Gasteiger partial charge in [-0.3, -0.25) is 14.4 Å². The number of alkyl halides is 3. The molecule has 1 atom stereocenters. The highest BCUT2D eigenvalue weighted by Gasteiger charge is 2.40. The number of nitrogens with one attached hydrogen (secondary N) is 4. The number of anilines is 2. The van der Waals surface area contributed by atoms with Crippen LogP contribution in [0, 0.1) is 5.41 Å². The number of nitrogens with zero attached hydrogens (tertiary/aromatic N) is 1. The molecule has 1 aliphatic rings. The van der Waals surface area contributed by atoms with Gasteiger partial charge >= 0.3 is 6.18 Å². The number of amides is 2. The zero-order valence-corrected chi connectivity index (χ0v) is 21.9. The van der Waals surface area contributed by atoms with Crippen molar-refractivity contribution in [3.63, 3.8) is 0 Å². The van der Waals surface area contributed by atoms with Gasteiger partial charge < -0.3 is 20.7 Å². The molecule has 1 aromatic heterocycles. The lowest BCUT2D eigenvalue weighted by Gasteiger charge is -2.22. The van der Waals surface area contributed by atoms with E-state index in [1.165, 1.54) is 24.5 Å². The maximum atomic E-state index is 13.4. The van der Waals surface area contributed by atoms with E-state index in [-0.39, 0.29) is 30.3 Å². The molecule has 1 saturated heterocycles.